The summed E-state index contributed by atoms with van der Waals surface area (Å²) in [6.45, 7) is 1.88. The molecule has 6 nitrogen and oxygen atoms in total. The summed E-state index contributed by atoms with van der Waals surface area (Å²) in [5, 5.41) is 0. The molecule has 0 N–H and O–H groups in total. The fourth-order valence-electron chi connectivity index (χ4n) is 7.51. The molecule has 23 heavy (non-hydrogen) atoms. The van der Waals surface area contributed by atoms with Crippen LogP contribution >= 0.6 is 0 Å². The number of esters is 3. The Morgan fingerprint density at radius 3 is 1.70 bits per heavy atom. The van der Waals surface area contributed by atoms with Gasteiger partial charge in [0.15, 0.2) is 0 Å². The van der Waals surface area contributed by atoms with Gasteiger partial charge in [-0.3, -0.25) is 14.4 Å². The van der Waals surface area contributed by atoms with Crippen molar-refractivity contribution in [1.82, 2.24) is 0 Å². The van der Waals surface area contributed by atoms with Gasteiger partial charge in [0.2, 0.25) is 0 Å². The summed E-state index contributed by atoms with van der Waals surface area (Å²) < 4.78 is 15.4. The summed E-state index contributed by atoms with van der Waals surface area (Å²) in [5.41, 5.74) is 0.0331. The van der Waals surface area contributed by atoms with Gasteiger partial charge in [0.05, 0.1) is 32.7 Å². The van der Waals surface area contributed by atoms with Crippen LogP contribution in [0.5, 0.6) is 0 Å². The van der Waals surface area contributed by atoms with Crippen LogP contribution in [0.2, 0.25) is 0 Å². The van der Waals surface area contributed by atoms with Gasteiger partial charge in [-0.25, -0.2) is 0 Å². The van der Waals surface area contributed by atoms with Gasteiger partial charge in [-0.05, 0) is 41.4 Å². The molecule has 6 rings (SSSR count). The van der Waals surface area contributed by atoms with Crippen LogP contribution in [-0.2, 0) is 28.6 Å². The summed E-state index contributed by atoms with van der Waals surface area (Å²) in [6.07, 6.45) is 0. The van der Waals surface area contributed by atoms with Gasteiger partial charge in [0, 0.05) is 12.3 Å². The van der Waals surface area contributed by atoms with Gasteiger partial charge in [-0.2, -0.15) is 0 Å². The molecule has 0 aromatic carbocycles. The lowest BCUT2D eigenvalue weighted by atomic mass is 9.58. The van der Waals surface area contributed by atoms with Crippen molar-refractivity contribution in [1.29, 1.82) is 0 Å². The molecule has 0 amide bonds. The number of fused-ring (bicyclic) bond motifs is 1. The Hall–Kier alpha value is -1.59. The van der Waals surface area contributed by atoms with Crippen molar-refractivity contribution in [3.8, 4) is 0 Å². The van der Waals surface area contributed by atoms with Crippen LogP contribution in [0.1, 0.15) is 6.92 Å². The zero-order valence-corrected chi connectivity index (χ0v) is 13.4. The molecule has 0 aromatic rings. The van der Waals surface area contributed by atoms with Crippen molar-refractivity contribution in [2.75, 3.05) is 20.8 Å². The van der Waals surface area contributed by atoms with Crippen LogP contribution in [0.25, 0.3) is 0 Å². The van der Waals surface area contributed by atoms with E-state index in [9.17, 15) is 14.4 Å². The second-order valence-corrected chi connectivity index (χ2v) is 7.88. The van der Waals surface area contributed by atoms with Crippen molar-refractivity contribution in [3.63, 3.8) is 0 Å². The van der Waals surface area contributed by atoms with Crippen LogP contribution in [0, 0.1) is 58.7 Å². The Labute approximate surface area is 133 Å². The smallest absolute Gasteiger partial charge is 0.309 e. The van der Waals surface area contributed by atoms with E-state index in [0.717, 1.165) is 0 Å². The molecule has 0 saturated heterocycles. The van der Waals surface area contributed by atoms with Crippen LogP contribution < -0.4 is 0 Å². The zero-order chi connectivity index (χ0) is 16.3. The minimum Gasteiger partial charge on any atom is -0.469 e. The van der Waals surface area contributed by atoms with Crippen molar-refractivity contribution in [2.24, 2.45) is 58.7 Å². The first-order chi connectivity index (χ1) is 11.0. The Bertz CT molecular complexity index is 599. The molecule has 6 heteroatoms. The fourth-order valence-corrected chi connectivity index (χ4v) is 7.51. The lowest BCUT2D eigenvalue weighted by Gasteiger charge is -2.44. The first-order valence-electron chi connectivity index (χ1n) is 8.29. The third-order valence-electron chi connectivity index (χ3n) is 7.68. The van der Waals surface area contributed by atoms with Crippen molar-refractivity contribution in [3.05, 3.63) is 0 Å². The van der Waals surface area contributed by atoms with Gasteiger partial charge in [0.1, 0.15) is 0 Å². The summed E-state index contributed by atoms with van der Waals surface area (Å²) in [7, 11) is 2.77. The number of ether oxygens (including phenoxy) is 3. The molecule has 0 aliphatic heterocycles. The zero-order valence-electron chi connectivity index (χ0n) is 13.4. The molecule has 0 heterocycles. The molecule has 2 bridgehead atoms. The maximum Gasteiger partial charge on any atom is 0.309 e. The lowest BCUT2D eigenvalue weighted by Crippen LogP contribution is -2.51. The van der Waals surface area contributed by atoms with Crippen LogP contribution in [0.15, 0.2) is 0 Å². The summed E-state index contributed by atoms with van der Waals surface area (Å²) in [5.74, 6) is 1.18. The number of hydrogen-bond donors (Lipinski definition) is 0. The molecule has 0 radical (unpaired) electrons. The van der Waals surface area contributed by atoms with E-state index in [-0.39, 0.29) is 47.0 Å². The normalized spacial score (nSPS) is 55.2. The molecule has 0 spiro atoms. The fraction of sp³-hybridized carbons (Fsp3) is 0.824. The van der Waals surface area contributed by atoms with Crippen molar-refractivity contribution in [2.45, 2.75) is 6.92 Å². The number of hydrogen-bond acceptors (Lipinski definition) is 6. The monoisotopic (exact) mass is 320 g/mol. The Morgan fingerprint density at radius 2 is 1.30 bits per heavy atom. The maximum absolute atomic E-state index is 12.4. The molecular formula is C17H20O6. The summed E-state index contributed by atoms with van der Waals surface area (Å²) in [4.78, 5) is 36.0. The van der Waals surface area contributed by atoms with Gasteiger partial charge >= 0.3 is 17.9 Å². The van der Waals surface area contributed by atoms with Gasteiger partial charge in [-0.15, -0.1) is 0 Å². The second-order valence-electron chi connectivity index (χ2n) is 7.88. The van der Waals surface area contributed by atoms with Gasteiger partial charge in [-0.1, -0.05) is 0 Å². The SMILES string of the molecule is COC(=O)[C@@H]1[C@H](C(=O)OC)[C@@H]2[C@@H]3C4[C@H]3[C@@H]1[C@H]1[C@@H]2C41COC(C)=O. The highest BCUT2D eigenvalue weighted by Gasteiger charge is 2.98. The largest absolute Gasteiger partial charge is 0.469 e. The summed E-state index contributed by atoms with van der Waals surface area (Å²) in [6, 6.07) is 0. The summed E-state index contributed by atoms with van der Waals surface area (Å²) >= 11 is 0. The number of methoxy groups -OCH3 is 2. The first-order valence-corrected chi connectivity index (χ1v) is 8.29. The molecule has 6 fully saturated rings. The van der Waals surface area contributed by atoms with E-state index in [1.807, 2.05) is 0 Å². The van der Waals surface area contributed by atoms with Crippen LogP contribution in [0.4, 0.5) is 0 Å². The number of carbonyl (C=O) groups excluding carboxylic acids is 3. The highest BCUT2D eigenvalue weighted by Crippen LogP contribution is 2.98. The Morgan fingerprint density at radius 1 is 0.826 bits per heavy atom. The van der Waals surface area contributed by atoms with E-state index in [4.69, 9.17) is 14.2 Å². The van der Waals surface area contributed by atoms with E-state index < -0.39 is 0 Å². The van der Waals surface area contributed by atoms with Gasteiger partial charge < -0.3 is 14.2 Å². The maximum atomic E-state index is 12.4. The number of carbonyl (C=O) groups is 3. The quantitative estimate of drug-likeness (QED) is 0.554. The van der Waals surface area contributed by atoms with E-state index in [2.05, 4.69) is 0 Å². The molecule has 6 aliphatic rings. The van der Waals surface area contributed by atoms with E-state index >= 15 is 0 Å². The Kier molecular flexibility index (Phi) is 2.34. The first kappa shape index (κ1) is 13.8. The van der Waals surface area contributed by atoms with Gasteiger partial charge in [0.25, 0.3) is 0 Å². The van der Waals surface area contributed by atoms with E-state index in [0.29, 0.717) is 36.2 Å². The molecule has 6 saturated carbocycles. The standard InChI is InChI=1S/C17H20O6/c1-5(18)23-4-17-12-6-7(12)9-11(16(20)22-3)10(15(19)21-2)8(6)13(17)14(9)17/h6-14H,4H2,1-3H3/t6-,7-,8+,9+,10-,11+,12?,13-,14+,17?/m1/s1. The highest BCUT2D eigenvalue weighted by molar-refractivity contribution is 5.85. The predicted molar refractivity (Wildman–Crippen MR) is 74.5 cm³/mol. The van der Waals surface area contributed by atoms with Crippen molar-refractivity contribution >= 4 is 17.9 Å². The Balaban J connectivity index is 1.52. The third-order valence-corrected chi connectivity index (χ3v) is 7.68. The topological polar surface area (TPSA) is 78.9 Å². The van der Waals surface area contributed by atoms with Crippen LogP contribution in [0.3, 0.4) is 0 Å². The highest BCUT2D eigenvalue weighted by atomic mass is 16.5. The molecule has 10 atom stereocenters. The van der Waals surface area contributed by atoms with E-state index in [1.54, 1.807) is 0 Å². The lowest BCUT2D eigenvalue weighted by molar-refractivity contribution is -0.171. The van der Waals surface area contributed by atoms with E-state index in [1.165, 1.54) is 21.1 Å². The predicted octanol–water partition coefficient (Wildman–Crippen LogP) is 0.496. The van der Waals surface area contributed by atoms with Crippen LogP contribution in [-0.4, -0.2) is 38.7 Å². The minimum absolute atomic E-state index is 0.0331. The molecular weight excluding hydrogens is 300 g/mol. The average Bonchev–Trinajstić information content (AvgIpc) is 3.39. The average molecular weight is 320 g/mol. The minimum atomic E-state index is -0.383. The second kappa shape index (κ2) is 3.90. The molecule has 2 unspecified atom stereocenters. The molecule has 6 aliphatic carbocycles. The number of rotatable bonds is 4. The third kappa shape index (κ3) is 1.25. The van der Waals surface area contributed by atoms with Crippen molar-refractivity contribution < 1.29 is 28.6 Å². The molecule has 124 valence electrons. The molecule has 0 aromatic heterocycles.